The lowest BCUT2D eigenvalue weighted by Crippen LogP contribution is -2.24. The summed E-state index contributed by atoms with van der Waals surface area (Å²) in [6, 6.07) is 0. The van der Waals surface area contributed by atoms with Gasteiger partial charge in [-0.3, -0.25) is 0 Å². The van der Waals surface area contributed by atoms with E-state index in [1.165, 1.54) is 0 Å². The summed E-state index contributed by atoms with van der Waals surface area (Å²) in [6.45, 7) is 0.568. The monoisotopic (exact) mass is 192 g/mol. The Morgan fingerprint density at radius 3 is 1.67 bits per heavy atom. The van der Waals surface area contributed by atoms with Gasteiger partial charge in [0.05, 0.1) is 11.8 Å². The van der Waals surface area contributed by atoms with E-state index in [0.717, 1.165) is 0 Å². The molecule has 0 aromatic carbocycles. The van der Waals surface area contributed by atoms with Gasteiger partial charge in [-0.1, -0.05) is 6.92 Å². The maximum absolute atomic E-state index is 12.1. The van der Waals surface area contributed by atoms with Crippen LogP contribution in [0.5, 0.6) is 0 Å². The second-order valence-corrected chi connectivity index (χ2v) is 2.93. The van der Waals surface area contributed by atoms with Crippen LogP contribution in [0.3, 0.4) is 0 Å². The Balaban J connectivity index is 2.64. The van der Waals surface area contributed by atoms with Crippen molar-refractivity contribution in [3.8, 4) is 0 Å². The molecule has 1 fully saturated rings. The van der Waals surface area contributed by atoms with Gasteiger partial charge in [0.15, 0.2) is 6.17 Å². The van der Waals surface area contributed by atoms with Crippen molar-refractivity contribution in [1.82, 2.24) is 0 Å². The van der Waals surface area contributed by atoms with Crippen molar-refractivity contribution in [1.29, 1.82) is 0 Å². The molecule has 12 heavy (non-hydrogen) atoms. The van der Waals surface area contributed by atoms with E-state index in [4.69, 9.17) is 0 Å². The molecule has 0 nitrogen and oxygen atoms in total. The van der Waals surface area contributed by atoms with E-state index in [1.54, 1.807) is 0 Å². The SMILES string of the molecule is CC(C1C(F)C1(F)F)C(F)(F)F. The average molecular weight is 192 g/mol. The lowest BCUT2D eigenvalue weighted by atomic mass is 10.1. The molecule has 6 heteroatoms. The van der Waals surface area contributed by atoms with Crippen LogP contribution in [0.15, 0.2) is 0 Å². The molecule has 1 aliphatic carbocycles. The minimum Gasteiger partial charge on any atom is -0.240 e. The molecule has 0 aromatic heterocycles. The number of halogens is 6. The molecular weight excluding hydrogens is 186 g/mol. The number of hydrogen-bond donors (Lipinski definition) is 0. The van der Waals surface area contributed by atoms with Crippen LogP contribution in [-0.2, 0) is 0 Å². The first kappa shape index (κ1) is 9.67. The van der Waals surface area contributed by atoms with E-state index in [1.807, 2.05) is 0 Å². The van der Waals surface area contributed by atoms with E-state index in [9.17, 15) is 26.3 Å². The fourth-order valence-corrected chi connectivity index (χ4v) is 1.10. The van der Waals surface area contributed by atoms with Gasteiger partial charge in [-0.25, -0.2) is 13.2 Å². The molecule has 0 aliphatic heterocycles. The zero-order valence-corrected chi connectivity index (χ0v) is 6.00. The molecular formula is C6H6F6. The summed E-state index contributed by atoms with van der Waals surface area (Å²) in [7, 11) is 0. The molecule has 0 spiro atoms. The molecule has 0 bridgehead atoms. The maximum Gasteiger partial charge on any atom is 0.392 e. The van der Waals surface area contributed by atoms with Crippen molar-refractivity contribution < 1.29 is 26.3 Å². The third-order valence-electron chi connectivity index (χ3n) is 2.07. The Morgan fingerprint density at radius 2 is 1.58 bits per heavy atom. The second kappa shape index (κ2) is 2.29. The third kappa shape index (κ3) is 1.27. The van der Waals surface area contributed by atoms with Crippen LogP contribution < -0.4 is 0 Å². The molecule has 1 aliphatic rings. The molecule has 1 rings (SSSR count). The van der Waals surface area contributed by atoms with E-state index in [0.29, 0.717) is 6.92 Å². The first-order valence-electron chi connectivity index (χ1n) is 3.27. The van der Waals surface area contributed by atoms with E-state index in [-0.39, 0.29) is 0 Å². The van der Waals surface area contributed by atoms with Crippen LogP contribution in [-0.4, -0.2) is 18.3 Å². The zero-order chi connectivity index (χ0) is 9.73. The summed E-state index contributed by atoms with van der Waals surface area (Å²) in [5.41, 5.74) is 0. The van der Waals surface area contributed by atoms with E-state index < -0.39 is 30.1 Å². The molecule has 3 atom stereocenters. The summed E-state index contributed by atoms with van der Waals surface area (Å²) in [5, 5.41) is 0. The molecule has 72 valence electrons. The molecule has 0 radical (unpaired) electrons. The smallest absolute Gasteiger partial charge is 0.240 e. The summed E-state index contributed by atoms with van der Waals surface area (Å²) < 4.78 is 71.5. The van der Waals surface area contributed by atoms with Crippen LogP contribution in [0.25, 0.3) is 0 Å². The highest BCUT2D eigenvalue weighted by Gasteiger charge is 2.75. The average Bonchev–Trinajstić information content (AvgIpc) is 2.30. The Hall–Kier alpha value is -0.420. The van der Waals surface area contributed by atoms with E-state index >= 15 is 0 Å². The fourth-order valence-electron chi connectivity index (χ4n) is 1.10. The van der Waals surface area contributed by atoms with Crippen molar-refractivity contribution in [3.63, 3.8) is 0 Å². The summed E-state index contributed by atoms with van der Waals surface area (Å²) in [4.78, 5) is 0. The molecule has 1 saturated carbocycles. The number of alkyl halides is 6. The highest BCUT2D eigenvalue weighted by molar-refractivity contribution is 5.09. The predicted octanol–water partition coefficient (Wildman–Crippen LogP) is 2.79. The third-order valence-corrected chi connectivity index (χ3v) is 2.07. The summed E-state index contributed by atoms with van der Waals surface area (Å²) in [5.74, 6) is -8.24. The van der Waals surface area contributed by atoms with Crippen molar-refractivity contribution in [2.75, 3.05) is 0 Å². The number of hydrogen-bond acceptors (Lipinski definition) is 0. The van der Waals surface area contributed by atoms with Gasteiger partial charge in [-0.05, 0) is 0 Å². The van der Waals surface area contributed by atoms with Gasteiger partial charge in [0.2, 0.25) is 0 Å². The minimum atomic E-state index is -4.74. The summed E-state index contributed by atoms with van der Waals surface area (Å²) in [6.07, 6.45) is -7.37. The fraction of sp³-hybridized carbons (Fsp3) is 1.00. The summed E-state index contributed by atoms with van der Waals surface area (Å²) >= 11 is 0. The largest absolute Gasteiger partial charge is 0.392 e. The van der Waals surface area contributed by atoms with Gasteiger partial charge in [0.1, 0.15) is 0 Å². The van der Waals surface area contributed by atoms with Gasteiger partial charge in [-0.15, -0.1) is 0 Å². The van der Waals surface area contributed by atoms with Crippen LogP contribution in [0.1, 0.15) is 6.92 Å². The maximum atomic E-state index is 12.1. The first-order chi connectivity index (χ1) is 5.19. The van der Waals surface area contributed by atoms with Crippen LogP contribution >= 0.6 is 0 Å². The van der Waals surface area contributed by atoms with Gasteiger partial charge in [0.25, 0.3) is 5.92 Å². The second-order valence-electron chi connectivity index (χ2n) is 2.93. The van der Waals surface area contributed by atoms with Crippen molar-refractivity contribution in [2.24, 2.45) is 11.8 Å². The Morgan fingerprint density at radius 1 is 1.25 bits per heavy atom. The Labute approximate surface area is 64.6 Å². The van der Waals surface area contributed by atoms with Gasteiger partial charge < -0.3 is 0 Å². The molecule has 0 saturated heterocycles. The Bertz CT molecular complexity index is 173. The normalized spacial score (nSPS) is 36.2. The van der Waals surface area contributed by atoms with Gasteiger partial charge in [0, 0.05) is 0 Å². The minimum absolute atomic E-state index is 0.568. The predicted molar refractivity (Wildman–Crippen MR) is 28.6 cm³/mol. The Kier molecular flexibility index (Phi) is 1.85. The molecule has 0 heterocycles. The van der Waals surface area contributed by atoms with Crippen LogP contribution in [0.4, 0.5) is 26.3 Å². The van der Waals surface area contributed by atoms with Gasteiger partial charge >= 0.3 is 6.18 Å². The lowest BCUT2D eigenvalue weighted by molar-refractivity contribution is -0.181. The van der Waals surface area contributed by atoms with Crippen LogP contribution in [0.2, 0.25) is 0 Å². The quantitative estimate of drug-likeness (QED) is 0.560. The molecule has 0 aromatic rings. The van der Waals surface area contributed by atoms with Gasteiger partial charge in [-0.2, -0.15) is 13.2 Å². The number of rotatable bonds is 1. The van der Waals surface area contributed by atoms with Crippen LogP contribution in [0, 0.1) is 11.8 Å². The van der Waals surface area contributed by atoms with Crippen molar-refractivity contribution >= 4 is 0 Å². The lowest BCUT2D eigenvalue weighted by Gasteiger charge is -2.13. The topological polar surface area (TPSA) is 0 Å². The molecule has 3 unspecified atom stereocenters. The standard InChI is InChI=1S/C6H6F6/c1-2(6(10,11)12)3-4(7)5(3,8)9/h2-4H,1H3. The zero-order valence-electron chi connectivity index (χ0n) is 6.00. The van der Waals surface area contributed by atoms with Crippen molar-refractivity contribution in [3.05, 3.63) is 0 Å². The molecule has 0 N–H and O–H groups in total. The highest BCUT2D eigenvalue weighted by Crippen LogP contribution is 2.58. The first-order valence-corrected chi connectivity index (χ1v) is 3.27. The van der Waals surface area contributed by atoms with Crippen molar-refractivity contribution in [2.45, 2.75) is 25.2 Å². The molecule has 0 amide bonds. The highest BCUT2D eigenvalue weighted by atomic mass is 19.4. The van der Waals surface area contributed by atoms with E-state index in [2.05, 4.69) is 0 Å².